The molecule has 0 amide bonds. The largest absolute Gasteiger partial charge is 0.480 e. The molecule has 3 N–H and O–H groups in total. The molecule has 0 aliphatic heterocycles. The van der Waals surface area contributed by atoms with Gasteiger partial charge in [0.25, 0.3) is 0 Å². The quantitative estimate of drug-likeness (QED) is 0.784. The number of aliphatic carboxylic acids is 1. The van der Waals surface area contributed by atoms with Crippen molar-refractivity contribution in [2.24, 2.45) is 5.73 Å². The van der Waals surface area contributed by atoms with Gasteiger partial charge in [-0.2, -0.15) is 10.2 Å². The van der Waals surface area contributed by atoms with Crippen LogP contribution in [-0.2, 0) is 4.79 Å². The smallest absolute Gasteiger partial charge is 0.325 e. The van der Waals surface area contributed by atoms with E-state index in [1.165, 1.54) is 0 Å². The third-order valence-electron chi connectivity index (χ3n) is 2.47. The Balaban J connectivity index is 2.75. The van der Waals surface area contributed by atoms with E-state index in [-0.39, 0.29) is 0 Å². The van der Waals surface area contributed by atoms with E-state index >= 15 is 0 Å². The van der Waals surface area contributed by atoms with E-state index in [0.29, 0.717) is 16.8 Å². The Morgan fingerprint density at radius 2 is 2.06 bits per heavy atom. The molecular weight excluding hydrogens is 206 g/mol. The second-order valence-corrected chi connectivity index (χ2v) is 3.53. The molecule has 82 valence electrons. The van der Waals surface area contributed by atoms with Crippen LogP contribution in [0.25, 0.3) is 10.9 Å². The van der Waals surface area contributed by atoms with Gasteiger partial charge in [-0.3, -0.25) is 4.79 Å². The van der Waals surface area contributed by atoms with Crippen LogP contribution >= 0.6 is 0 Å². The highest BCUT2D eigenvalue weighted by molar-refractivity contribution is 5.88. The second kappa shape index (κ2) is 3.86. The molecule has 16 heavy (non-hydrogen) atoms. The van der Waals surface area contributed by atoms with Crippen LogP contribution in [0.1, 0.15) is 17.3 Å². The molecule has 0 bridgehead atoms. The van der Waals surface area contributed by atoms with Crippen LogP contribution in [0.2, 0.25) is 0 Å². The van der Waals surface area contributed by atoms with Crippen molar-refractivity contribution in [2.45, 2.75) is 13.0 Å². The van der Waals surface area contributed by atoms with E-state index in [9.17, 15) is 4.79 Å². The summed E-state index contributed by atoms with van der Waals surface area (Å²) in [5.74, 6) is -1.07. The minimum absolute atomic E-state index is 0.526. The number of carboxylic acids is 1. The Morgan fingerprint density at radius 3 is 2.75 bits per heavy atom. The maximum atomic E-state index is 10.9. The van der Waals surface area contributed by atoms with Gasteiger partial charge >= 0.3 is 5.97 Å². The van der Waals surface area contributed by atoms with Crippen molar-refractivity contribution < 1.29 is 9.90 Å². The Labute approximate surface area is 91.9 Å². The lowest BCUT2D eigenvalue weighted by molar-refractivity contribution is -0.138. The monoisotopic (exact) mass is 217 g/mol. The number of fused-ring (bicyclic) bond motifs is 1. The van der Waals surface area contributed by atoms with E-state index in [2.05, 4.69) is 10.2 Å². The zero-order valence-electron chi connectivity index (χ0n) is 8.71. The number of hydrogen-bond donors (Lipinski definition) is 2. The number of rotatable bonds is 2. The van der Waals surface area contributed by atoms with Crippen LogP contribution in [0.3, 0.4) is 0 Å². The number of carbonyl (C=O) groups is 1. The summed E-state index contributed by atoms with van der Waals surface area (Å²) < 4.78 is 0. The highest BCUT2D eigenvalue weighted by Crippen LogP contribution is 2.23. The first-order valence-corrected chi connectivity index (χ1v) is 4.81. The Morgan fingerprint density at radius 1 is 1.38 bits per heavy atom. The van der Waals surface area contributed by atoms with Gasteiger partial charge in [0.1, 0.15) is 6.04 Å². The van der Waals surface area contributed by atoms with E-state index in [1.54, 1.807) is 19.1 Å². The lowest BCUT2D eigenvalue weighted by Gasteiger charge is -2.11. The maximum Gasteiger partial charge on any atom is 0.325 e. The molecule has 5 nitrogen and oxygen atoms in total. The Hall–Kier alpha value is -2.01. The summed E-state index contributed by atoms with van der Waals surface area (Å²) in [6, 6.07) is 6.15. The van der Waals surface area contributed by atoms with E-state index in [4.69, 9.17) is 10.8 Å². The highest BCUT2D eigenvalue weighted by Gasteiger charge is 2.20. The third-order valence-corrected chi connectivity index (χ3v) is 2.47. The summed E-state index contributed by atoms with van der Waals surface area (Å²) in [6.07, 6.45) is 0. The first-order valence-electron chi connectivity index (χ1n) is 4.81. The summed E-state index contributed by atoms with van der Waals surface area (Å²) in [7, 11) is 0. The molecule has 2 aromatic rings. The number of hydrogen-bond acceptors (Lipinski definition) is 4. The number of nitrogens with zero attached hydrogens (tertiary/aromatic N) is 2. The van der Waals surface area contributed by atoms with Crippen LogP contribution in [0.15, 0.2) is 24.3 Å². The van der Waals surface area contributed by atoms with E-state index in [1.807, 2.05) is 12.1 Å². The molecule has 0 fully saturated rings. The predicted molar refractivity (Wildman–Crippen MR) is 58.8 cm³/mol. The topological polar surface area (TPSA) is 89.1 Å². The lowest BCUT2D eigenvalue weighted by Crippen LogP contribution is -2.22. The molecule has 1 atom stereocenters. The standard InChI is InChI=1S/C11H11N3O2/c1-6-9(10(12)11(15)16)7-4-2-3-5-8(7)14-13-6/h2-5,10H,12H2,1H3,(H,15,16). The van der Waals surface area contributed by atoms with Crippen molar-refractivity contribution in [3.05, 3.63) is 35.5 Å². The molecule has 0 saturated heterocycles. The van der Waals surface area contributed by atoms with Crippen molar-refractivity contribution in [1.82, 2.24) is 10.2 Å². The molecule has 0 saturated carbocycles. The summed E-state index contributed by atoms with van der Waals surface area (Å²) in [5.41, 5.74) is 7.37. The molecule has 2 rings (SSSR count). The highest BCUT2D eigenvalue weighted by atomic mass is 16.4. The normalized spacial score (nSPS) is 12.6. The maximum absolute atomic E-state index is 10.9. The third kappa shape index (κ3) is 1.61. The molecule has 1 heterocycles. The van der Waals surface area contributed by atoms with Gasteiger partial charge in [0, 0.05) is 10.9 Å². The van der Waals surface area contributed by atoms with Crippen LogP contribution in [0.5, 0.6) is 0 Å². The number of benzene rings is 1. The van der Waals surface area contributed by atoms with Gasteiger partial charge in [-0.25, -0.2) is 0 Å². The second-order valence-electron chi connectivity index (χ2n) is 3.53. The van der Waals surface area contributed by atoms with Gasteiger partial charge in [0.2, 0.25) is 0 Å². The summed E-state index contributed by atoms with van der Waals surface area (Å²) >= 11 is 0. The van der Waals surface area contributed by atoms with E-state index in [0.717, 1.165) is 5.39 Å². The Kier molecular flexibility index (Phi) is 2.54. The van der Waals surface area contributed by atoms with Gasteiger partial charge < -0.3 is 10.8 Å². The predicted octanol–water partition coefficient (Wildman–Crippen LogP) is 1.02. The summed E-state index contributed by atoms with van der Waals surface area (Å²) in [6.45, 7) is 1.71. The Bertz CT molecular complexity index is 554. The zero-order valence-corrected chi connectivity index (χ0v) is 8.71. The minimum Gasteiger partial charge on any atom is -0.480 e. The number of aromatic nitrogens is 2. The average molecular weight is 217 g/mol. The molecule has 1 aromatic heterocycles. The number of carboxylic acid groups (broad SMARTS) is 1. The lowest BCUT2D eigenvalue weighted by atomic mass is 10.0. The fourth-order valence-electron chi connectivity index (χ4n) is 1.68. The first-order chi connectivity index (χ1) is 7.61. The summed E-state index contributed by atoms with van der Waals surface area (Å²) in [5, 5.41) is 17.6. The van der Waals surface area contributed by atoms with Crippen molar-refractivity contribution in [3.63, 3.8) is 0 Å². The van der Waals surface area contributed by atoms with Crippen LogP contribution in [-0.4, -0.2) is 21.3 Å². The molecule has 0 aliphatic rings. The van der Waals surface area contributed by atoms with Gasteiger partial charge in [0.05, 0.1) is 11.2 Å². The van der Waals surface area contributed by atoms with Gasteiger partial charge in [-0.1, -0.05) is 18.2 Å². The minimum atomic E-state index is -1.07. The van der Waals surface area contributed by atoms with Crippen LogP contribution in [0, 0.1) is 6.92 Å². The molecule has 1 unspecified atom stereocenters. The molecule has 1 aromatic carbocycles. The van der Waals surface area contributed by atoms with Gasteiger partial charge in [-0.05, 0) is 13.0 Å². The van der Waals surface area contributed by atoms with Crippen molar-refractivity contribution in [1.29, 1.82) is 0 Å². The van der Waals surface area contributed by atoms with Gasteiger partial charge in [-0.15, -0.1) is 0 Å². The SMILES string of the molecule is Cc1nnc2ccccc2c1C(N)C(=O)O. The zero-order chi connectivity index (χ0) is 11.7. The molecular formula is C11H11N3O2. The fraction of sp³-hybridized carbons (Fsp3) is 0.182. The first kappa shape index (κ1) is 10.5. The van der Waals surface area contributed by atoms with Crippen LogP contribution < -0.4 is 5.73 Å². The van der Waals surface area contributed by atoms with E-state index < -0.39 is 12.0 Å². The molecule has 0 aliphatic carbocycles. The molecule has 0 spiro atoms. The molecule has 5 heteroatoms. The fourth-order valence-corrected chi connectivity index (χ4v) is 1.68. The number of nitrogens with two attached hydrogens (primary N) is 1. The van der Waals surface area contributed by atoms with Crippen molar-refractivity contribution in [3.8, 4) is 0 Å². The average Bonchev–Trinajstić information content (AvgIpc) is 2.28. The van der Waals surface area contributed by atoms with Crippen molar-refractivity contribution >= 4 is 16.9 Å². The number of aryl methyl sites for hydroxylation is 1. The van der Waals surface area contributed by atoms with Gasteiger partial charge in [0.15, 0.2) is 0 Å². The summed E-state index contributed by atoms with van der Waals surface area (Å²) in [4.78, 5) is 10.9. The van der Waals surface area contributed by atoms with Crippen molar-refractivity contribution in [2.75, 3.05) is 0 Å². The van der Waals surface area contributed by atoms with Crippen LogP contribution in [0.4, 0.5) is 0 Å². The molecule has 0 radical (unpaired) electrons.